The summed E-state index contributed by atoms with van der Waals surface area (Å²) in [6, 6.07) is 6.64. The summed E-state index contributed by atoms with van der Waals surface area (Å²) in [5, 5.41) is 9.56. The summed E-state index contributed by atoms with van der Waals surface area (Å²) in [6.07, 6.45) is 5.42. The molecule has 21 heavy (non-hydrogen) atoms. The van der Waals surface area contributed by atoms with Crippen LogP contribution in [0, 0.1) is 0 Å². The number of rotatable bonds is 2. The Hall–Kier alpha value is -1.26. The number of fused-ring (bicyclic) bond motifs is 1. The van der Waals surface area contributed by atoms with Gasteiger partial charge in [0.25, 0.3) is 0 Å². The minimum Gasteiger partial charge on any atom is -0.508 e. The van der Waals surface area contributed by atoms with Crippen LogP contribution in [0.1, 0.15) is 37.3 Å². The summed E-state index contributed by atoms with van der Waals surface area (Å²) in [7, 11) is 0. The lowest BCUT2D eigenvalue weighted by molar-refractivity contribution is 0.143. The smallest absolute Gasteiger partial charge is 0.127 e. The standard InChI is InChI=1S/C17H24N2O2/c20-14-4-5-15-16(12-21-17(15)10-14)19-9-6-13(11-19)18-7-2-1-3-8-18/h4-5,10,13,16,20H,1-3,6-9,11-12H2. The third-order valence-corrected chi connectivity index (χ3v) is 5.30. The Morgan fingerprint density at radius 2 is 1.90 bits per heavy atom. The van der Waals surface area contributed by atoms with Crippen molar-refractivity contribution in [2.75, 3.05) is 32.8 Å². The Bertz CT molecular complexity index is 514. The van der Waals surface area contributed by atoms with Crippen molar-refractivity contribution >= 4 is 0 Å². The van der Waals surface area contributed by atoms with Crippen LogP contribution >= 0.6 is 0 Å². The van der Waals surface area contributed by atoms with Gasteiger partial charge in [0.1, 0.15) is 18.1 Å². The van der Waals surface area contributed by atoms with Gasteiger partial charge in [-0.3, -0.25) is 9.80 Å². The average Bonchev–Trinajstić information content (AvgIpc) is 3.13. The molecule has 1 aromatic rings. The zero-order chi connectivity index (χ0) is 14.2. The van der Waals surface area contributed by atoms with Gasteiger partial charge in [-0.2, -0.15) is 0 Å². The molecule has 3 heterocycles. The van der Waals surface area contributed by atoms with Crippen LogP contribution in [0.2, 0.25) is 0 Å². The van der Waals surface area contributed by atoms with Gasteiger partial charge in [-0.1, -0.05) is 6.42 Å². The molecule has 3 aliphatic heterocycles. The Morgan fingerprint density at radius 3 is 2.76 bits per heavy atom. The van der Waals surface area contributed by atoms with E-state index in [4.69, 9.17) is 4.74 Å². The Labute approximate surface area is 126 Å². The lowest BCUT2D eigenvalue weighted by atomic mass is 10.1. The molecule has 0 saturated carbocycles. The van der Waals surface area contributed by atoms with Crippen LogP contribution in [0.15, 0.2) is 18.2 Å². The first kappa shape index (κ1) is 13.4. The van der Waals surface area contributed by atoms with Crippen molar-refractivity contribution in [3.05, 3.63) is 23.8 Å². The first-order valence-electron chi connectivity index (χ1n) is 8.25. The Morgan fingerprint density at radius 1 is 1.05 bits per heavy atom. The van der Waals surface area contributed by atoms with Crippen molar-refractivity contribution in [2.24, 2.45) is 0 Å². The van der Waals surface area contributed by atoms with E-state index in [1.54, 1.807) is 12.1 Å². The number of piperidine rings is 1. The largest absolute Gasteiger partial charge is 0.508 e. The second-order valence-corrected chi connectivity index (χ2v) is 6.58. The monoisotopic (exact) mass is 288 g/mol. The predicted molar refractivity (Wildman–Crippen MR) is 81.7 cm³/mol. The van der Waals surface area contributed by atoms with Gasteiger partial charge in [0.2, 0.25) is 0 Å². The van der Waals surface area contributed by atoms with Gasteiger partial charge in [0.05, 0.1) is 6.04 Å². The molecule has 0 spiro atoms. The van der Waals surface area contributed by atoms with E-state index in [9.17, 15) is 5.11 Å². The van der Waals surface area contributed by atoms with Gasteiger partial charge in [0.15, 0.2) is 0 Å². The number of likely N-dealkylation sites (tertiary alicyclic amines) is 2. The summed E-state index contributed by atoms with van der Waals surface area (Å²) in [6.45, 7) is 5.61. The van der Waals surface area contributed by atoms with Gasteiger partial charge >= 0.3 is 0 Å². The van der Waals surface area contributed by atoms with Crippen LogP contribution in [-0.4, -0.2) is 53.7 Å². The minimum atomic E-state index is 0.294. The van der Waals surface area contributed by atoms with E-state index in [0.29, 0.717) is 11.8 Å². The number of phenols is 1. The van der Waals surface area contributed by atoms with E-state index in [1.165, 1.54) is 44.3 Å². The molecule has 2 unspecified atom stereocenters. The molecule has 2 fully saturated rings. The van der Waals surface area contributed by atoms with Crippen molar-refractivity contribution in [2.45, 2.75) is 37.8 Å². The van der Waals surface area contributed by atoms with E-state index in [0.717, 1.165) is 31.5 Å². The first-order valence-corrected chi connectivity index (χ1v) is 8.25. The molecule has 0 aromatic heterocycles. The lowest BCUT2D eigenvalue weighted by Gasteiger charge is -2.32. The third-order valence-electron chi connectivity index (χ3n) is 5.30. The summed E-state index contributed by atoms with van der Waals surface area (Å²) in [5.41, 5.74) is 1.24. The van der Waals surface area contributed by atoms with Crippen molar-refractivity contribution in [1.29, 1.82) is 0 Å². The molecule has 0 amide bonds. The SMILES string of the molecule is Oc1ccc2c(c1)OCC2N1CCC(N2CCCCC2)C1. The maximum atomic E-state index is 9.56. The van der Waals surface area contributed by atoms with Crippen molar-refractivity contribution in [3.63, 3.8) is 0 Å². The number of hydrogen-bond donors (Lipinski definition) is 1. The number of hydrogen-bond acceptors (Lipinski definition) is 4. The van der Waals surface area contributed by atoms with E-state index in [1.807, 2.05) is 6.07 Å². The summed E-state index contributed by atoms with van der Waals surface area (Å²) >= 11 is 0. The molecule has 2 atom stereocenters. The van der Waals surface area contributed by atoms with E-state index < -0.39 is 0 Å². The van der Waals surface area contributed by atoms with Crippen molar-refractivity contribution < 1.29 is 9.84 Å². The number of nitrogens with zero attached hydrogens (tertiary/aromatic N) is 2. The number of aromatic hydroxyl groups is 1. The van der Waals surface area contributed by atoms with E-state index >= 15 is 0 Å². The molecule has 3 aliphatic rings. The minimum absolute atomic E-state index is 0.294. The molecular weight excluding hydrogens is 264 g/mol. The van der Waals surface area contributed by atoms with Crippen LogP contribution in [0.3, 0.4) is 0 Å². The average molecular weight is 288 g/mol. The zero-order valence-electron chi connectivity index (χ0n) is 12.5. The fourth-order valence-corrected chi connectivity index (χ4v) is 4.12. The van der Waals surface area contributed by atoms with Gasteiger partial charge < -0.3 is 9.84 Å². The maximum absolute atomic E-state index is 9.56. The van der Waals surface area contributed by atoms with Crippen LogP contribution in [0.25, 0.3) is 0 Å². The fourth-order valence-electron chi connectivity index (χ4n) is 4.12. The Balaban J connectivity index is 1.45. The number of phenolic OH excluding ortho intramolecular Hbond substituents is 1. The molecular formula is C17H24N2O2. The van der Waals surface area contributed by atoms with Crippen LogP contribution in [0.4, 0.5) is 0 Å². The third kappa shape index (κ3) is 2.51. The highest BCUT2D eigenvalue weighted by atomic mass is 16.5. The topological polar surface area (TPSA) is 35.9 Å². The second kappa shape index (κ2) is 5.50. The molecule has 4 rings (SSSR count). The van der Waals surface area contributed by atoms with Crippen LogP contribution in [0.5, 0.6) is 11.5 Å². The highest BCUT2D eigenvalue weighted by Gasteiger charge is 2.36. The molecule has 0 radical (unpaired) electrons. The van der Waals surface area contributed by atoms with Gasteiger partial charge in [-0.25, -0.2) is 0 Å². The van der Waals surface area contributed by atoms with Gasteiger partial charge in [0, 0.05) is 30.8 Å². The van der Waals surface area contributed by atoms with Gasteiger partial charge in [-0.15, -0.1) is 0 Å². The zero-order valence-corrected chi connectivity index (χ0v) is 12.5. The Kier molecular flexibility index (Phi) is 3.51. The van der Waals surface area contributed by atoms with Crippen molar-refractivity contribution in [3.8, 4) is 11.5 Å². The predicted octanol–water partition coefficient (Wildman–Crippen LogP) is 2.39. The summed E-state index contributed by atoms with van der Waals surface area (Å²) < 4.78 is 5.77. The molecule has 0 aliphatic carbocycles. The quantitative estimate of drug-likeness (QED) is 0.906. The van der Waals surface area contributed by atoms with Crippen LogP contribution in [-0.2, 0) is 0 Å². The molecule has 1 N–H and O–H groups in total. The highest BCUT2D eigenvalue weighted by molar-refractivity contribution is 5.44. The number of ether oxygens (including phenoxy) is 1. The lowest BCUT2D eigenvalue weighted by Crippen LogP contribution is -2.41. The molecule has 4 heteroatoms. The normalized spacial score (nSPS) is 30.3. The summed E-state index contributed by atoms with van der Waals surface area (Å²) in [5.74, 6) is 1.16. The number of benzene rings is 1. The van der Waals surface area contributed by atoms with Gasteiger partial charge in [-0.05, 0) is 44.5 Å². The molecule has 114 valence electrons. The highest BCUT2D eigenvalue weighted by Crippen LogP contribution is 2.39. The molecule has 4 nitrogen and oxygen atoms in total. The van der Waals surface area contributed by atoms with E-state index in [2.05, 4.69) is 9.80 Å². The second-order valence-electron chi connectivity index (χ2n) is 6.58. The molecule has 0 bridgehead atoms. The molecule has 2 saturated heterocycles. The van der Waals surface area contributed by atoms with Crippen molar-refractivity contribution in [1.82, 2.24) is 9.80 Å². The maximum Gasteiger partial charge on any atom is 0.127 e. The first-order chi connectivity index (χ1) is 10.3. The fraction of sp³-hybridized carbons (Fsp3) is 0.647. The van der Waals surface area contributed by atoms with Crippen LogP contribution < -0.4 is 4.74 Å². The van der Waals surface area contributed by atoms with E-state index in [-0.39, 0.29) is 0 Å². The summed E-state index contributed by atoms with van der Waals surface area (Å²) in [4.78, 5) is 5.26. The molecule has 1 aromatic carbocycles.